The first-order valence-corrected chi connectivity index (χ1v) is 8.70. The number of terminal acetylenes is 1. The zero-order valence-corrected chi connectivity index (χ0v) is 14.2. The summed E-state index contributed by atoms with van der Waals surface area (Å²) in [5.41, 5.74) is -0.937. The first-order chi connectivity index (χ1) is 11.1. The highest BCUT2D eigenvalue weighted by Crippen LogP contribution is 2.31. The summed E-state index contributed by atoms with van der Waals surface area (Å²) < 4.78 is 10.2. The highest BCUT2D eigenvalue weighted by molar-refractivity contribution is 5.86. The van der Waals surface area contributed by atoms with Gasteiger partial charge in [0.1, 0.15) is 5.54 Å². The van der Waals surface area contributed by atoms with Crippen LogP contribution in [0.25, 0.3) is 0 Å². The zero-order chi connectivity index (χ0) is 17.0. The van der Waals surface area contributed by atoms with Crippen LogP contribution in [0.3, 0.4) is 0 Å². The molecule has 1 fully saturated rings. The predicted molar refractivity (Wildman–Crippen MR) is 88.9 cm³/mol. The van der Waals surface area contributed by atoms with Crippen LogP contribution in [0.5, 0.6) is 0 Å². The fourth-order valence-corrected chi connectivity index (χ4v) is 2.88. The lowest BCUT2D eigenvalue weighted by atomic mass is 9.98. The van der Waals surface area contributed by atoms with Crippen molar-refractivity contribution in [1.29, 1.82) is 0 Å². The largest absolute Gasteiger partial charge is 0.464 e. The van der Waals surface area contributed by atoms with Gasteiger partial charge < -0.3 is 14.8 Å². The first kappa shape index (κ1) is 19.3. The Hall–Kier alpha value is -1.70. The second-order valence-electron chi connectivity index (χ2n) is 6.10. The minimum Gasteiger partial charge on any atom is -0.464 e. The van der Waals surface area contributed by atoms with E-state index in [1.807, 2.05) is 0 Å². The van der Waals surface area contributed by atoms with Crippen molar-refractivity contribution in [1.82, 2.24) is 5.32 Å². The molecule has 0 radical (unpaired) electrons. The molecule has 1 rings (SSSR count). The number of esters is 1. The molecule has 0 aromatic heterocycles. The Morgan fingerprint density at radius 2 is 1.74 bits per heavy atom. The van der Waals surface area contributed by atoms with E-state index in [1.165, 1.54) is 25.7 Å². The molecule has 1 N–H and O–H groups in total. The Morgan fingerprint density at radius 1 is 1.09 bits per heavy atom. The van der Waals surface area contributed by atoms with Crippen LogP contribution in [0, 0.1) is 12.3 Å². The number of alkyl carbamates (subject to hydrolysis) is 1. The van der Waals surface area contributed by atoms with Crippen LogP contribution in [-0.4, -0.2) is 30.8 Å². The summed E-state index contributed by atoms with van der Waals surface area (Å²) in [6, 6.07) is 0. The number of amides is 1. The van der Waals surface area contributed by atoms with Crippen LogP contribution in [-0.2, 0) is 14.3 Å². The summed E-state index contributed by atoms with van der Waals surface area (Å²) in [6.07, 6.45) is 14.2. The smallest absolute Gasteiger partial charge is 0.409 e. The zero-order valence-electron chi connectivity index (χ0n) is 14.2. The molecule has 0 unspecified atom stereocenters. The third-order valence-electron chi connectivity index (χ3n) is 4.21. The van der Waals surface area contributed by atoms with Crippen molar-refractivity contribution >= 4 is 12.1 Å². The van der Waals surface area contributed by atoms with Crippen molar-refractivity contribution < 1.29 is 19.1 Å². The van der Waals surface area contributed by atoms with E-state index in [9.17, 15) is 9.59 Å². The molecule has 130 valence electrons. The summed E-state index contributed by atoms with van der Waals surface area (Å²) in [5, 5.41) is 2.66. The fourth-order valence-electron chi connectivity index (χ4n) is 2.88. The van der Waals surface area contributed by atoms with Gasteiger partial charge in [-0.05, 0) is 19.3 Å². The number of hydrogen-bond acceptors (Lipinski definition) is 4. The first-order valence-electron chi connectivity index (χ1n) is 8.70. The molecule has 0 aliphatic heterocycles. The van der Waals surface area contributed by atoms with Crippen LogP contribution < -0.4 is 5.32 Å². The molecule has 0 aromatic rings. The van der Waals surface area contributed by atoms with Gasteiger partial charge in [-0.25, -0.2) is 9.59 Å². The number of ether oxygens (including phenoxy) is 2. The lowest BCUT2D eigenvalue weighted by Gasteiger charge is -2.27. The van der Waals surface area contributed by atoms with Gasteiger partial charge in [0.15, 0.2) is 6.61 Å². The number of carbonyl (C=O) groups is 2. The van der Waals surface area contributed by atoms with E-state index in [4.69, 9.17) is 15.9 Å². The maximum absolute atomic E-state index is 12.4. The van der Waals surface area contributed by atoms with Gasteiger partial charge >= 0.3 is 12.1 Å². The van der Waals surface area contributed by atoms with Crippen molar-refractivity contribution in [2.45, 2.75) is 76.7 Å². The fraction of sp³-hybridized carbons (Fsp3) is 0.778. The molecule has 1 aliphatic rings. The Bertz CT molecular complexity index is 408. The van der Waals surface area contributed by atoms with Crippen LogP contribution >= 0.6 is 0 Å². The topological polar surface area (TPSA) is 64.6 Å². The molecule has 0 atom stereocenters. The molecule has 1 amide bonds. The van der Waals surface area contributed by atoms with Gasteiger partial charge in [-0.3, -0.25) is 0 Å². The van der Waals surface area contributed by atoms with Gasteiger partial charge in [-0.1, -0.05) is 57.8 Å². The van der Waals surface area contributed by atoms with Crippen LogP contribution in [0.15, 0.2) is 0 Å². The number of hydrogen-bond donors (Lipinski definition) is 1. The highest BCUT2D eigenvalue weighted by Gasteiger charge is 2.44. The van der Waals surface area contributed by atoms with Gasteiger partial charge in [0.25, 0.3) is 0 Å². The number of carbonyl (C=O) groups excluding carboxylic acids is 2. The van der Waals surface area contributed by atoms with E-state index in [1.54, 1.807) is 0 Å². The van der Waals surface area contributed by atoms with E-state index in [0.29, 0.717) is 19.4 Å². The van der Waals surface area contributed by atoms with Gasteiger partial charge in [0.2, 0.25) is 0 Å². The van der Waals surface area contributed by atoms with E-state index in [-0.39, 0.29) is 12.6 Å². The van der Waals surface area contributed by atoms with Gasteiger partial charge in [0, 0.05) is 0 Å². The van der Waals surface area contributed by atoms with E-state index in [2.05, 4.69) is 18.2 Å². The van der Waals surface area contributed by atoms with Crippen molar-refractivity contribution in [2.75, 3.05) is 13.2 Å². The molecule has 5 nitrogen and oxygen atoms in total. The Labute approximate surface area is 139 Å². The number of rotatable bonds is 10. The molecular formula is C18H29NO4. The summed E-state index contributed by atoms with van der Waals surface area (Å²) in [6.45, 7) is 2.49. The minimum absolute atomic E-state index is 0.102. The maximum Gasteiger partial charge on any atom is 0.409 e. The summed E-state index contributed by atoms with van der Waals surface area (Å²) in [5.74, 6) is 1.88. The van der Waals surface area contributed by atoms with Crippen LogP contribution in [0.4, 0.5) is 4.79 Å². The summed E-state index contributed by atoms with van der Waals surface area (Å²) in [4.78, 5) is 24.1. The van der Waals surface area contributed by atoms with Crippen molar-refractivity contribution in [3.63, 3.8) is 0 Å². The van der Waals surface area contributed by atoms with Gasteiger partial charge in [0.05, 0.1) is 6.61 Å². The summed E-state index contributed by atoms with van der Waals surface area (Å²) in [7, 11) is 0. The normalized spacial score (nSPS) is 15.7. The standard InChI is InChI=1S/C18H29NO4/c1-3-5-6-7-8-11-15-22-16(20)18(12-9-10-13-18)19-17(21)23-14-4-2/h2H,3,5-15H2,1H3,(H,19,21). The van der Waals surface area contributed by atoms with E-state index >= 15 is 0 Å². The predicted octanol–water partition coefficient (Wildman–Crippen LogP) is 3.56. The average molecular weight is 323 g/mol. The van der Waals surface area contributed by atoms with Crippen molar-refractivity contribution in [3.05, 3.63) is 0 Å². The van der Waals surface area contributed by atoms with Crippen molar-refractivity contribution in [3.8, 4) is 12.3 Å². The lowest BCUT2D eigenvalue weighted by molar-refractivity contribution is -0.151. The second kappa shape index (κ2) is 10.9. The molecule has 5 heteroatoms. The van der Waals surface area contributed by atoms with E-state index < -0.39 is 11.6 Å². The molecule has 0 aromatic carbocycles. The average Bonchev–Trinajstić information content (AvgIpc) is 3.01. The Balaban J connectivity index is 2.34. The van der Waals surface area contributed by atoms with Gasteiger partial charge in [-0.2, -0.15) is 0 Å². The molecule has 0 bridgehead atoms. The molecule has 1 aliphatic carbocycles. The summed E-state index contributed by atoms with van der Waals surface area (Å²) >= 11 is 0. The molecule has 0 heterocycles. The maximum atomic E-state index is 12.4. The van der Waals surface area contributed by atoms with Crippen molar-refractivity contribution in [2.24, 2.45) is 0 Å². The quantitative estimate of drug-likeness (QED) is 0.379. The third kappa shape index (κ3) is 6.94. The Kier molecular flexibility index (Phi) is 9.20. The second-order valence-corrected chi connectivity index (χ2v) is 6.10. The minimum atomic E-state index is -0.937. The van der Waals surface area contributed by atoms with Crippen LogP contribution in [0.1, 0.15) is 71.1 Å². The molecule has 0 saturated heterocycles. The lowest BCUT2D eigenvalue weighted by Crippen LogP contribution is -2.53. The molecule has 0 spiro atoms. The number of nitrogens with one attached hydrogen (secondary N) is 1. The highest BCUT2D eigenvalue weighted by atomic mass is 16.6. The third-order valence-corrected chi connectivity index (χ3v) is 4.21. The molecular weight excluding hydrogens is 294 g/mol. The monoisotopic (exact) mass is 323 g/mol. The molecule has 1 saturated carbocycles. The SMILES string of the molecule is C#CCOC(=O)NC1(C(=O)OCCCCCCCC)CCCC1. The van der Waals surface area contributed by atoms with Gasteiger partial charge in [-0.15, -0.1) is 6.42 Å². The molecule has 23 heavy (non-hydrogen) atoms. The van der Waals surface area contributed by atoms with E-state index in [0.717, 1.165) is 25.7 Å². The number of unbranched alkanes of at least 4 members (excludes halogenated alkanes) is 5. The Morgan fingerprint density at radius 3 is 2.39 bits per heavy atom. The van der Waals surface area contributed by atoms with Crippen LogP contribution in [0.2, 0.25) is 0 Å².